The Labute approximate surface area is 192 Å². The van der Waals surface area contributed by atoms with Gasteiger partial charge in [-0.25, -0.2) is 0 Å². The van der Waals surface area contributed by atoms with Gasteiger partial charge in [-0.3, -0.25) is 19.3 Å². The summed E-state index contributed by atoms with van der Waals surface area (Å²) in [6.07, 6.45) is 6.06. The van der Waals surface area contributed by atoms with E-state index in [0.717, 1.165) is 12.8 Å². The summed E-state index contributed by atoms with van der Waals surface area (Å²) in [6.45, 7) is 0.399. The summed E-state index contributed by atoms with van der Waals surface area (Å²) in [7, 11) is 0. The number of imide groups is 1. The van der Waals surface area contributed by atoms with Crippen LogP contribution in [0.4, 0.5) is 0 Å². The van der Waals surface area contributed by atoms with Crippen molar-refractivity contribution in [2.24, 2.45) is 29.6 Å². The second-order valence-corrected chi connectivity index (χ2v) is 10.4. The number of amides is 3. The van der Waals surface area contributed by atoms with Gasteiger partial charge in [0, 0.05) is 18.4 Å². The van der Waals surface area contributed by atoms with E-state index in [1.165, 1.54) is 27.2 Å². The number of carbonyl (C=O) groups is 3. The van der Waals surface area contributed by atoms with Crippen LogP contribution in [0.25, 0.3) is 0 Å². The van der Waals surface area contributed by atoms with Gasteiger partial charge in [0.05, 0.1) is 11.8 Å². The third-order valence-electron chi connectivity index (χ3n) is 8.85. The highest BCUT2D eigenvalue weighted by Crippen LogP contribution is 2.55. The van der Waals surface area contributed by atoms with Gasteiger partial charge < -0.3 is 5.32 Å². The average molecular weight is 439 g/mol. The molecule has 6 aliphatic rings. The molecule has 1 saturated heterocycles. The zero-order valence-corrected chi connectivity index (χ0v) is 18.3. The van der Waals surface area contributed by atoms with Crippen LogP contribution in [0.3, 0.4) is 0 Å². The molecule has 0 radical (unpaired) electrons. The molecule has 1 N–H and O–H groups in total. The van der Waals surface area contributed by atoms with Gasteiger partial charge in [-0.2, -0.15) is 0 Å². The van der Waals surface area contributed by atoms with Gasteiger partial charge in [0.15, 0.2) is 0 Å². The molecule has 5 heteroatoms. The van der Waals surface area contributed by atoms with Crippen LogP contribution in [0.2, 0.25) is 0 Å². The zero-order valence-electron chi connectivity index (χ0n) is 18.3. The van der Waals surface area contributed by atoms with Crippen molar-refractivity contribution in [3.8, 4) is 0 Å². The minimum atomic E-state index is -0.248. The molecule has 166 valence electrons. The summed E-state index contributed by atoms with van der Waals surface area (Å²) in [6, 6.07) is 17.3. The van der Waals surface area contributed by atoms with Crippen molar-refractivity contribution in [2.45, 2.75) is 24.7 Å². The Morgan fingerprint density at radius 1 is 0.818 bits per heavy atom. The minimum Gasteiger partial charge on any atom is -0.354 e. The first-order valence-corrected chi connectivity index (χ1v) is 12.1. The first kappa shape index (κ1) is 19.3. The molecule has 2 fully saturated rings. The maximum absolute atomic E-state index is 12.9. The van der Waals surface area contributed by atoms with E-state index < -0.39 is 0 Å². The number of nitrogens with zero attached hydrogens (tertiary/aromatic N) is 1. The van der Waals surface area contributed by atoms with Gasteiger partial charge in [0.25, 0.3) is 0 Å². The lowest BCUT2D eigenvalue weighted by Crippen LogP contribution is -2.44. The molecular formula is C28H26N2O3. The van der Waals surface area contributed by atoms with Crippen LogP contribution in [0, 0.1) is 29.6 Å². The SMILES string of the molecule is O=C(CN1C(=O)C2C3C=CC(C3)C2C1=O)NCC1CC2c3ccccc3C1c1ccccc12. The van der Waals surface area contributed by atoms with Crippen molar-refractivity contribution in [3.05, 3.63) is 82.9 Å². The summed E-state index contributed by atoms with van der Waals surface area (Å²) < 4.78 is 0. The monoisotopic (exact) mass is 438 g/mol. The van der Waals surface area contributed by atoms with E-state index in [9.17, 15) is 14.4 Å². The topological polar surface area (TPSA) is 66.5 Å². The second kappa shape index (κ2) is 6.89. The van der Waals surface area contributed by atoms with Gasteiger partial charge in [0.1, 0.15) is 6.54 Å². The molecule has 4 bridgehead atoms. The van der Waals surface area contributed by atoms with Gasteiger partial charge in [-0.05, 0) is 52.8 Å². The highest BCUT2D eigenvalue weighted by molar-refractivity contribution is 6.08. The Kier molecular flexibility index (Phi) is 4.03. The molecule has 5 nitrogen and oxygen atoms in total. The number of nitrogens with one attached hydrogen (secondary N) is 1. The summed E-state index contributed by atoms with van der Waals surface area (Å²) in [5.74, 6) is 0.211. The number of hydrogen-bond donors (Lipinski definition) is 1. The summed E-state index contributed by atoms with van der Waals surface area (Å²) in [4.78, 5) is 39.9. The van der Waals surface area contributed by atoms with E-state index in [1.807, 2.05) is 0 Å². The maximum atomic E-state index is 12.9. The predicted octanol–water partition coefficient (Wildman–Crippen LogP) is 3.21. The molecule has 5 aliphatic carbocycles. The standard InChI is InChI=1S/C28H26N2O3/c31-23(14-30-27(32)25-15-9-10-16(11-15)26(25)28(30)33)29-13-17-12-22-18-5-1-3-7-20(18)24(17)21-8-4-2-6-19(21)22/h1-10,15-17,22,24-26H,11-14H2,(H,29,31). The van der Waals surface area contributed by atoms with Gasteiger partial charge >= 0.3 is 0 Å². The minimum absolute atomic E-state index is 0.155. The number of fused-ring (bicyclic) bond motifs is 6. The first-order chi connectivity index (χ1) is 16.1. The molecule has 1 heterocycles. The molecule has 0 spiro atoms. The third-order valence-corrected chi connectivity index (χ3v) is 8.85. The molecule has 5 atom stereocenters. The van der Waals surface area contributed by atoms with Crippen LogP contribution in [0.1, 0.15) is 46.9 Å². The smallest absolute Gasteiger partial charge is 0.240 e. The maximum Gasteiger partial charge on any atom is 0.240 e. The van der Waals surface area contributed by atoms with Crippen molar-refractivity contribution in [1.82, 2.24) is 10.2 Å². The van der Waals surface area contributed by atoms with E-state index in [-0.39, 0.29) is 53.9 Å². The second-order valence-electron chi connectivity index (χ2n) is 10.4. The number of likely N-dealkylation sites (tertiary alicyclic amines) is 1. The van der Waals surface area contributed by atoms with E-state index in [4.69, 9.17) is 0 Å². The first-order valence-electron chi connectivity index (χ1n) is 12.1. The molecule has 0 aromatic heterocycles. The fourth-order valence-electron chi connectivity index (χ4n) is 7.52. The normalized spacial score (nSPS) is 34.4. The van der Waals surface area contributed by atoms with E-state index in [2.05, 4.69) is 66.0 Å². The van der Waals surface area contributed by atoms with Crippen molar-refractivity contribution < 1.29 is 14.4 Å². The molecule has 5 unspecified atom stereocenters. The highest BCUT2D eigenvalue weighted by atomic mass is 16.2. The number of rotatable bonds is 4. The van der Waals surface area contributed by atoms with Crippen LogP contribution in [-0.4, -0.2) is 35.7 Å². The third kappa shape index (κ3) is 2.62. The van der Waals surface area contributed by atoms with E-state index >= 15 is 0 Å². The Hall–Kier alpha value is -3.21. The van der Waals surface area contributed by atoms with Crippen LogP contribution < -0.4 is 5.32 Å². The summed E-state index contributed by atoms with van der Waals surface area (Å²) in [5, 5.41) is 3.07. The Morgan fingerprint density at radius 3 is 1.94 bits per heavy atom. The van der Waals surface area contributed by atoms with E-state index in [1.54, 1.807) is 0 Å². The molecular weight excluding hydrogens is 412 g/mol. The number of allylic oxidation sites excluding steroid dienone is 2. The van der Waals surface area contributed by atoms with Crippen LogP contribution in [0.15, 0.2) is 60.7 Å². The predicted molar refractivity (Wildman–Crippen MR) is 122 cm³/mol. The van der Waals surface area contributed by atoms with Crippen molar-refractivity contribution >= 4 is 17.7 Å². The lowest BCUT2D eigenvalue weighted by Gasteiger charge is -2.45. The molecule has 2 aromatic rings. The number of benzene rings is 2. The van der Waals surface area contributed by atoms with Gasteiger partial charge in [0.2, 0.25) is 17.7 Å². The Morgan fingerprint density at radius 2 is 1.36 bits per heavy atom. The Bertz CT molecular complexity index is 1160. The van der Waals surface area contributed by atoms with Gasteiger partial charge in [-0.15, -0.1) is 0 Å². The Balaban J connectivity index is 1.07. The molecule has 3 amide bonds. The van der Waals surface area contributed by atoms with Crippen molar-refractivity contribution in [1.29, 1.82) is 0 Å². The summed E-state index contributed by atoms with van der Waals surface area (Å²) >= 11 is 0. The zero-order chi connectivity index (χ0) is 22.3. The van der Waals surface area contributed by atoms with Crippen LogP contribution >= 0.6 is 0 Å². The fraction of sp³-hybridized carbons (Fsp3) is 0.393. The molecule has 1 saturated carbocycles. The number of carbonyl (C=O) groups excluding carboxylic acids is 3. The van der Waals surface area contributed by atoms with Crippen LogP contribution in [0.5, 0.6) is 0 Å². The fourth-order valence-corrected chi connectivity index (χ4v) is 7.52. The summed E-state index contributed by atoms with van der Waals surface area (Å²) in [5.41, 5.74) is 5.55. The van der Waals surface area contributed by atoms with E-state index in [0.29, 0.717) is 18.4 Å². The van der Waals surface area contributed by atoms with Crippen molar-refractivity contribution in [2.75, 3.05) is 13.1 Å². The van der Waals surface area contributed by atoms with Gasteiger partial charge in [-0.1, -0.05) is 60.7 Å². The lowest BCUT2D eigenvalue weighted by molar-refractivity contribution is -0.144. The van der Waals surface area contributed by atoms with Crippen molar-refractivity contribution in [3.63, 3.8) is 0 Å². The lowest BCUT2D eigenvalue weighted by atomic mass is 9.59. The highest BCUT2D eigenvalue weighted by Gasteiger charge is 2.59. The molecule has 1 aliphatic heterocycles. The quantitative estimate of drug-likeness (QED) is 0.589. The molecule has 33 heavy (non-hydrogen) atoms. The largest absolute Gasteiger partial charge is 0.354 e. The average Bonchev–Trinajstić information content (AvgIpc) is 3.53. The molecule has 8 rings (SSSR count). The van der Waals surface area contributed by atoms with Crippen LogP contribution in [-0.2, 0) is 14.4 Å². The number of hydrogen-bond acceptors (Lipinski definition) is 3. The molecule has 2 aromatic carbocycles.